The highest BCUT2D eigenvalue weighted by molar-refractivity contribution is 5.37. The average Bonchev–Trinajstić information content (AvgIpc) is 3.04. The number of hydrogen-bond donors (Lipinski definition) is 2. The van der Waals surface area contributed by atoms with Gasteiger partial charge in [0.15, 0.2) is 0 Å². The zero-order chi connectivity index (χ0) is 33.9. The van der Waals surface area contributed by atoms with E-state index >= 15 is 0 Å². The van der Waals surface area contributed by atoms with Gasteiger partial charge in [-0.2, -0.15) is 0 Å². The van der Waals surface area contributed by atoms with Crippen molar-refractivity contribution in [3.05, 3.63) is 23.5 Å². The molecule has 0 aromatic heterocycles. The summed E-state index contributed by atoms with van der Waals surface area (Å²) in [7, 11) is 0. The molecular weight excluding hydrogens is 560 g/mol. The van der Waals surface area contributed by atoms with Crippen LogP contribution in [0.3, 0.4) is 0 Å². The highest BCUT2D eigenvalue weighted by atomic mass is 16.3. The minimum Gasteiger partial charge on any atom is -0.508 e. The first-order valence-electron chi connectivity index (χ1n) is 21.2. The third-order valence-electron chi connectivity index (χ3n) is 11.7. The van der Waals surface area contributed by atoms with Crippen LogP contribution in [0, 0.1) is 23.2 Å². The van der Waals surface area contributed by atoms with Gasteiger partial charge in [-0.05, 0) is 54.7 Å². The van der Waals surface area contributed by atoms with Gasteiger partial charge in [-0.15, -0.1) is 0 Å². The van der Waals surface area contributed by atoms with E-state index in [4.69, 9.17) is 0 Å². The molecular formula is C44H84O2. The maximum atomic E-state index is 12.0. The Morgan fingerprint density at radius 2 is 0.804 bits per heavy atom. The van der Waals surface area contributed by atoms with Crippen molar-refractivity contribution in [1.82, 2.24) is 0 Å². The largest absolute Gasteiger partial charge is 0.508 e. The Labute approximate surface area is 290 Å². The first-order chi connectivity index (χ1) is 22.3. The normalized spacial score (nSPS) is 20.4. The van der Waals surface area contributed by atoms with Gasteiger partial charge in [-0.3, -0.25) is 0 Å². The molecule has 0 radical (unpaired) electrons. The number of unbranched alkanes of at least 4 members (excludes halogenated alkanes) is 23. The third-order valence-corrected chi connectivity index (χ3v) is 11.7. The lowest BCUT2D eigenvalue weighted by atomic mass is 9.59. The van der Waals surface area contributed by atoms with E-state index in [9.17, 15) is 10.2 Å². The van der Waals surface area contributed by atoms with Gasteiger partial charge in [0, 0.05) is 5.41 Å². The zero-order valence-electron chi connectivity index (χ0n) is 32.4. The van der Waals surface area contributed by atoms with E-state index in [1.807, 2.05) is 0 Å². The highest BCUT2D eigenvalue weighted by Crippen LogP contribution is 2.50. The monoisotopic (exact) mass is 645 g/mol. The molecule has 0 saturated heterocycles. The quantitative estimate of drug-likeness (QED) is 0.0715. The van der Waals surface area contributed by atoms with Crippen LogP contribution in [-0.2, 0) is 0 Å². The van der Waals surface area contributed by atoms with Crippen molar-refractivity contribution in [2.45, 2.75) is 234 Å². The molecule has 0 saturated carbocycles. The molecule has 0 aliphatic heterocycles. The van der Waals surface area contributed by atoms with Gasteiger partial charge in [0.05, 0.1) is 6.10 Å². The second-order valence-electron chi connectivity index (χ2n) is 15.8. The van der Waals surface area contributed by atoms with E-state index < -0.39 is 6.10 Å². The summed E-state index contributed by atoms with van der Waals surface area (Å²) in [5.41, 5.74) is 0.628. The molecule has 5 unspecified atom stereocenters. The molecule has 0 fully saturated rings. The second kappa shape index (κ2) is 28.1. The molecule has 272 valence electrons. The minimum atomic E-state index is -0.512. The minimum absolute atomic E-state index is 0.296. The van der Waals surface area contributed by atoms with Gasteiger partial charge in [0.25, 0.3) is 0 Å². The lowest BCUT2D eigenvalue weighted by Gasteiger charge is -2.47. The molecule has 0 spiro atoms. The summed E-state index contributed by atoms with van der Waals surface area (Å²) in [4.78, 5) is 0. The van der Waals surface area contributed by atoms with Gasteiger partial charge < -0.3 is 10.2 Å². The van der Waals surface area contributed by atoms with Gasteiger partial charge in [0.1, 0.15) is 5.76 Å². The molecule has 2 heteroatoms. The van der Waals surface area contributed by atoms with Gasteiger partial charge in [0.2, 0.25) is 0 Å². The lowest BCUT2D eigenvalue weighted by molar-refractivity contribution is -0.00229. The Bertz CT molecular complexity index is 753. The fourth-order valence-corrected chi connectivity index (χ4v) is 8.34. The number of hydrogen-bond acceptors (Lipinski definition) is 2. The molecule has 1 aliphatic rings. The van der Waals surface area contributed by atoms with Crippen LogP contribution in [0.15, 0.2) is 23.5 Å². The van der Waals surface area contributed by atoms with Crippen LogP contribution < -0.4 is 0 Å². The molecule has 46 heavy (non-hydrogen) atoms. The molecule has 1 aliphatic carbocycles. The summed E-state index contributed by atoms with van der Waals surface area (Å²) < 4.78 is 0. The Kier molecular flexibility index (Phi) is 26.4. The Morgan fingerprint density at radius 3 is 1.15 bits per heavy atom. The van der Waals surface area contributed by atoms with Crippen molar-refractivity contribution < 1.29 is 10.2 Å². The van der Waals surface area contributed by atoms with Crippen molar-refractivity contribution in [3.8, 4) is 0 Å². The molecule has 0 aromatic rings. The molecule has 2 nitrogen and oxygen atoms in total. The van der Waals surface area contributed by atoms with Crippen molar-refractivity contribution in [2.75, 3.05) is 0 Å². The average molecular weight is 645 g/mol. The summed E-state index contributed by atoms with van der Waals surface area (Å²) in [6.45, 7) is 13.9. The summed E-state index contributed by atoms with van der Waals surface area (Å²) in [6.07, 6.45) is 42.0. The predicted molar refractivity (Wildman–Crippen MR) is 206 cm³/mol. The van der Waals surface area contributed by atoms with Crippen molar-refractivity contribution >= 4 is 0 Å². The number of aliphatic hydroxyl groups excluding tert-OH is 2. The van der Waals surface area contributed by atoms with Crippen LogP contribution in [0.25, 0.3) is 0 Å². The summed E-state index contributed by atoms with van der Waals surface area (Å²) in [5, 5.41) is 23.5. The molecule has 1 rings (SSSR count). The molecule has 0 amide bonds. The zero-order valence-corrected chi connectivity index (χ0v) is 32.4. The molecule has 2 N–H and O–H groups in total. The van der Waals surface area contributed by atoms with Crippen molar-refractivity contribution in [1.29, 1.82) is 0 Å². The predicted octanol–water partition coefficient (Wildman–Crippen LogP) is 15.0. The standard InChI is InChI=1S/C44H84O2/c1-7-10-13-16-19-22-23-26-29-32-35-40(6)44(39(5)34-31-28-25-21-18-15-12-9-3)37-42(45)41(36-43(44)46)38(4)33-30-27-24-20-17-14-11-8-2/h36-40,43,45-46H,7-35H2,1-6H3. The lowest BCUT2D eigenvalue weighted by Crippen LogP contribution is -2.46. The number of aliphatic hydroxyl groups is 2. The highest BCUT2D eigenvalue weighted by Gasteiger charge is 2.47. The van der Waals surface area contributed by atoms with Crippen LogP contribution in [0.1, 0.15) is 228 Å². The maximum absolute atomic E-state index is 12.0. The van der Waals surface area contributed by atoms with E-state index in [0.29, 0.717) is 23.5 Å². The van der Waals surface area contributed by atoms with Gasteiger partial charge in [-0.25, -0.2) is 0 Å². The summed E-state index contributed by atoms with van der Waals surface area (Å²) >= 11 is 0. The van der Waals surface area contributed by atoms with Crippen LogP contribution in [-0.4, -0.2) is 16.3 Å². The fraction of sp³-hybridized carbons (Fsp3) is 0.909. The smallest absolute Gasteiger partial charge is 0.115 e. The van der Waals surface area contributed by atoms with E-state index in [2.05, 4.69) is 53.7 Å². The second-order valence-corrected chi connectivity index (χ2v) is 15.8. The first-order valence-corrected chi connectivity index (χ1v) is 21.2. The Hall–Kier alpha value is -0.760. The first kappa shape index (κ1) is 43.3. The summed E-state index contributed by atoms with van der Waals surface area (Å²) in [6, 6.07) is 0. The van der Waals surface area contributed by atoms with E-state index in [-0.39, 0.29) is 5.41 Å². The van der Waals surface area contributed by atoms with Crippen molar-refractivity contribution in [2.24, 2.45) is 23.2 Å². The summed E-state index contributed by atoms with van der Waals surface area (Å²) in [5.74, 6) is 1.46. The number of allylic oxidation sites excluding steroid dienone is 1. The van der Waals surface area contributed by atoms with Crippen LogP contribution in [0.5, 0.6) is 0 Å². The Morgan fingerprint density at radius 1 is 0.500 bits per heavy atom. The molecule has 0 bridgehead atoms. The molecule has 0 heterocycles. The Balaban J connectivity index is 2.74. The fourth-order valence-electron chi connectivity index (χ4n) is 8.34. The third kappa shape index (κ3) is 17.6. The van der Waals surface area contributed by atoms with Crippen molar-refractivity contribution in [3.63, 3.8) is 0 Å². The van der Waals surface area contributed by atoms with E-state index in [1.54, 1.807) is 0 Å². The van der Waals surface area contributed by atoms with Gasteiger partial charge >= 0.3 is 0 Å². The SMILES string of the molecule is CCCCCCCCCCCCC(C)C1(C(C)CCCCCCCCCC)C=C(O)C(C(C)CCCCCCCCCC)=CC1O. The van der Waals surface area contributed by atoms with E-state index in [1.165, 1.54) is 167 Å². The van der Waals surface area contributed by atoms with Gasteiger partial charge in [-0.1, -0.05) is 208 Å². The van der Waals surface area contributed by atoms with Crippen LogP contribution in [0.2, 0.25) is 0 Å². The molecule has 0 aromatic carbocycles. The van der Waals surface area contributed by atoms with E-state index in [0.717, 1.165) is 24.8 Å². The maximum Gasteiger partial charge on any atom is 0.115 e. The molecule has 5 atom stereocenters. The van der Waals surface area contributed by atoms with Crippen LogP contribution >= 0.6 is 0 Å². The topological polar surface area (TPSA) is 40.5 Å². The van der Waals surface area contributed by atoms with Crippen LogP contribution in [0.4, 0.5) is 0 Å². The number of rotatable bonds is 32.